The molecule has 0 unspecified atom stereocenters. The summed E-state index contributed by atoms with van der Waals surface area (Å²) >= 11 is 0. The third-order valence-corrected chi connectivity index (χ3v) is 5.50. The van der Waals surface area contributed by atoms with Crippen LogP contribution in [0.4, 0.5) is 0 Å². The van der Waals surface area contributed by atoms with E-state index in [1.165, 1.54) is 7.11 Å². The Bertz CT molecular complexity index is 895. The smallest absolute Gasteiger partial charge is 0.306 e. The molecule has 2 saturated heterocycles. The molecule has 1 aromatic heterocycles. The van der Waals surface area contributed by atoms with Crippen molar-refractivity contribution in [3.05, 3.63) is 42.2 Å². The standard InChI is InChI=1S/C20H22N4O4/c1-28-18(26)7-6-17(25)23-11-14-10-13(23)12-24(14)20(27)16-5-3-2-4-15(16)19-21-8-9-22-19/h2-5,8-9,13-14H,6-7,10-12H2,1H3,(H,21,22)/t13-,14-/m0/s1. The Morgan fingerprint density at radius 2 is 1.89 bits per heavy atom. The molecule has 28 heavy (non-hydrogen) atoms. The molecule has 0 radical (unpaired) electrons. The van der Waals surface area contributed by atoms with Crippen molar-refractivity contribution in [2.45, 2.75) is 31.3 Å². The van der Waals surface area contributed by atoms with Gasteiger partial charge in [-0.3, -0.25) is 14.4 Å². The molecular formula is C20H22N4O4. The van der Waals surface area contributed by atoms with Crippen LogP contribution in [0.2, 0.25) is 0 Å². The number of ether oxygens (including phenoxy) is 1. The number of imidazole rings is 1. The number of likely N-dealkylation sites (tertiary alicyclic amines) is 2. The molecule has 8 nitrogen and oxygen atoms in total. The fourth-order valence-electron chi connectivity index (χ4n) is 4.12. The molecule has 0 aliphatic carbocycles. The van der Waals surface area contributed by atoms with Crippen LogP contribution in [-0.2, 0) is 14.3 Å². The number of carbonyl (C=O) groups excluding carboxylic acids is 3. The van der Waals surface area contributed by atoms with Gasteiger partial charge in [-0.2, -0.15) is 0 Å². The number of esters is 1. The SMILES string of the molecule is COC(=O)CCC(=O)N1C[C@@H]2C[C@H]1CN2C(=O)c1ccccc1-c1ncc[nH]1. The Kier molecular flexibility index (Phi) is 4.85. The predicted octanol–water partition coefficient (Wildman–Crippen LogP) is 1.46. The highest BCUT2D eigenvalue weighted by molar-refractivity contribution is 6.00. The maximum Gasteiger partial charge on any atom is 0.306 e. The van der Waals surface area contributed by atoms with Crippen molar-refractivity contribution in [3.63, 3.8) is 0 Å². The van der Waals surface area contributed by atoms with E-state index in [-0.39, 0.29) is 42.7 Å². The third kappa shape index (κ3) is 3.26. The molecule has 3 heterocycles. The van der Waals surface area contributed by atoms with Crippen molar-refractivity contribution in [1.82, 2.24) is 19.8 Å². The van der Waals surface area contributed by atoms with E-state index in [1.54, 1.807) is 17.3 Å². The number of hydrogen-bond donors (Lipinski definition) is 1. The highest BCUT2D eigenvalue weighted by Crippen LogP contribution is 2.33. The molecule has 0 spiro atoms. The number of rotatable bonds is 5. The second-order valence-corrected chi connectivity index (χ2v) is 7.11. The van der Waals surface area contributed by atoms with E-state index in [2.05, 4.69) is 14.7 Å². The number of H-pyrrole nitrogens is 1. The summed E-state index contributed by atoms with van der Waals surface area (Å²) in [5, 5.41) is 0. The molecule has 2 fully saturated rings. The second-order valence-electron chi connectivity index (χ2n) is 7.11. The van der Waals surface area contributed by atoms with Crippen LogP contribution in [0.25, 0.3) is 11.4 Å². The molecule has 2 aliphatic heterocycles. The highest BCUT2D eigenvalue weighted by Gasteiger charge is 2.47. The minimum absolute atomic E-state index is 0.00392. The summed E-state index contributed by atoms with van der Waals surface area (Å²) in [5.74, 6) is 0.180. The Morgan fingerprint density at radius 1 is 1.14 bits per heavy atom. The van der Waals surface area contributed by atoms with Crippen LogP contribution < -0.4 is 0 Å². The molecule has 1 N–H and O–H groups in total. The van der Waals surface area contributed by atoms with Crippen LogP contribution in [0.1, 0.15) is 29.6 Å². The number of aromatic nitrogens is 2. The van der Waals surface area contributed by atoms with Gasteiger partial charge in [0.1, 0.15) is 5.82 Å². The Labute approximate surface area is 162 Å². The first-order valence-electron chi connectivity index (χ1n) is 9.34. The number of fused-ring (bicyclic) bond motifs is 2. The minimum Gasteiger partial charge on any atom is -0.469 e. The van der Waals surface area contributed by atoms with Gasteiger partial charge in [0.2, 0.25) is 5.91 Å². The molecule has 2 amide bonds. The summed E-state index contributed by atoms with van der Waals surface area (Å²) < 4.78 is 4.59. The molecule has 2 aliphatic rings. The van der Waals surface area contributed by atoms with Gasteiger partial charge >= 0.3 is 5.97 Å². The van der Waals surface area contributed by atoms with Crippen molar-refractivity contribution < 1.29 is 19.1 Å². The largest absolute Gasteiger partial charge is 0.469 e. The number of methoxy groups -OCH3 is 1. The first-order chi connectivity index (χ1) is 13.6. The highest BCUT2D eigenvalue weighted by atomic mass is 16.5. The van der Waals surface area contributed by atoms with Crippen LogP contribution in [0.5, 0.6) is 0 Å². The van der Waals surface area contributed by atoms with Gasteiger partial charge in [-0.15, -0.1) is 0 Å². The molecule has 146 valence electrons. The van der Waals surface area contributed by atoms with Gasteiger partial charge in [-0.05, 0) is 12.5 Å². The summed E-state index contributed by atoms with van der Waals surface area (Å²) in [6.45, 7) is 1.03. The average Bonchev–Trinajstić information content (AvgIpc) is 3.48. The fourth-order valence-corrected chi connectivity index (χ4v) is 4.12. The zero-order chi connectivity index (χ0) is 19.7. The van der Waals surface area contributed by atoms with E-state index in [0.717, 1.165) is 12.0 Å². The number of piperazine rings is 1. The van der Waals surface area contributed by atoms with E-state index >= 15 is 0 Å². The maximum atomic E-state index is 13.2. The van der Waals surface area contributed by atoms with Crippen molar-refractivity contribution in [2.24, 2.45) is 0 Å². The summed E-state index contributed by atoms with van der Waals surface area (Å²) in [4.78, 5) is 47.9. The van der Waals surface area contributed by atoms with Gasteiger partial charge in [0, 0.05) is 37.5 Å². The molecule has 2 aromatic rings. The average molecular weight is 382 g/mol. The monoisotopic (exact) mass is 382 g/mol. The fraction of sp³-hybridized carbons (Fsp3) is 0.400. The van der Waals surface area contributed by atoms with Crippen LogP contribution >= 0.6 is 0 Å². The van der Waals surface area contributed by atoms with Gasteiger partial charge in [0.25, 0.3) is 5.91 Å². The molecule has 2 bridgehead atoms. The lowest BCUT2D eigenvalue weighted by molar-refractivity contribution is -0.144. The van der Waals surface area contributed by atoms with Gasteiger partial charge in [0.15, 0.2) is 0 Å². The van der Waals surface area contributed by atoms with E-state index in [4.69, 9.17) is 0 Å². The summed E-state index contributed by atoms with van der Waals surface area (Å²) in [5.41, 5.74) is 1.37. The quantitative estimate of drug-likeness (QED) is 0.790. The minimum atomic E-state index is -0.385. The zero-order valence-electron chi connectivity index (χ0n) is 15.6. The third-order valence-electron chi connectivity index (χ3n) is 5.50. The van der Waals surface area contributed by atoms with Crippen LogP contribution in [0, 0.1) is 0 Å². The molecule has 4 rings (SSSR count). The number of benzene rings is 1. The molecule has 2 atom stereocenters. The summed E-state index contributed by atoms with van der Waals surface area (Å²) in [7, 11) is 1.31. The Balaban J connectivity index is 1.45. The Morgan fingerprint density at radius 3 is 2.57 bits per heavy atom. The van der Waals surface area contributed by atoms with Gasteiger partial charge in [0.05, 0.1) is 31.2 Å². The number of aromatic amines is 1. The number of nitrogens with zero attached hydrogens (tertiary/aromatic N) is 3. The van der Waals surface area contributed by atoms with Crippen LogP contribution in [-0.4, -0.2) is 69.8 Å². The van der Waals surface area contributed by atoms with E-state index in [0.29, 0.717) is 24.5 Å². The van der Waals surface area contributed by atoms with Crippen LogP contribution in [0.15, 0.2) is 36.7 Å². The molecule has 0 saturated carbocycles. The zero-order valence-corrected chi connectivity index (χ0v) is 15.6. The number of carbonyl (C=O) groups is 3. The topological polar surface area (TPSA) is 95.6 Å². The number of amides is 2. The lowest BCUT2D eigenvalue weighted by atomic mass is 10.0. The van der Waals surface area contributed by atoms with Gasteiger partial charge in [-0.1, -0.05) is 18.2 Å². The number of hydrogen-bond acceptors (Lipinski definition) is 5. The van der Waals surface area contributed by atoms with Gasteiger partial charge < -0.3 is 19.5 Å². The number of nitrogens with one attached hydrogen (secondary N) is 1. The molecule has 8 heteroatoms. The molecular weight excluding hydrogens is 360 g/mol. The predicted molar refractivity (Wildman–Crippen MR) is 100 cm³/mol. The Hall–Kier alpha value is -3.16. The van der Waals surface area contributed by atoms with E-state index in [9.17, 15) is 14.4 Å². The van der Waals surface area contributed by atoms with Crippen molar-refractivity contribution in [1.29, 1.82) is 0 Å². The van der Waals surface area contributed by atoms with Crippen molar-refractivity contribution in [2.75, 3.05) is 20.2 Å². The van der Waals surface area contributed by atoms with Crippen molar-refractivity contribution >= 4 is 17.8 Å². The van der Waals surface area contributed by atoms with Crippen molar-refractivity contribution in [3.8, 4) is 11.4 Å². The second kappa shape index (κ2) is 7.46. The first-order valence-corrected chi connectivity index (χ1v) is 9.34. The summed E-state index contributed by atoms with van der Waals surface area (Å²) in [6.07, 6.45) is 4.39. The van der Waals surface area contributed by atoms with Crippen LogP contribution in [0.3, 0.4) is 0 Å². The van der Waals surface area contributed by atoms with Gasteiger partial charge in [-0.25, -0.2) is 4.98 Å². The lowest BCUT2D eigenvalue weighted by Gasteiger charge is -2.34. The van der Waals surface area contributed by atoms with E-state index in [1.807, 2.05) is 29.2 Å². The lowest BCUT2D eigenvalue weighted by Crippen LogP contribution is -2.50. The normalized spacial score (nSPS) is 20.5. The summed E-state index contributed by atoms with van der Waals surface area (Å²) in [6, 6.07) is 7.43. The maximum absolute atomic E-state index is 13.2. The molecule has 1 aromatic carbocycles. The first kappa shape index (κ1) is 18.2. The van der Waals surface area contributed by atoms with E-state index < -0.39 is 0 Å².